The number of furan rings is 1. The van der Waals surface area contributed by atoms with Crippen molar-refractivity contribution in [2.75, 3.05) is 0 Å². The van der Waals surface area contributed by atoms with Crippen molar-refractivity contribution in [2.24, 2.45) is 4.99 Å². The van der Waals surface area contributed by atoms with E-state index in [0.29, 0.717) is 0 Å². The van der Waals surface area contributed by atoms with E-state index < -0.39 is 0 Å². The van der Waals surface area contributed by atoms with Crippen LogP contribution in [-0.2, 0) is 21.7 Å². The van der Waals surface area contributed by atoms with Gasteiger partial charge >= 0.3 is 21.7 Å². The minimum absolute atomic E-state index is 0. The average molecular weight is 462 g/mol. The first kappa shape index (κ1) is 24.4. The Kier molecular flexibility index (Phi) is 8.88. The zero-order valence-corrected chi connectivity index (χ0v) is 18.3. The number of hydrogen-bond acceptors (Lipinski definition) is 2. The molecular weight excluding hydrogens is 448 g/mol. The maximum absolute atomic E-state index is 5.59. The minimum Gasteiger partial charge on any atom is -1.00 e. The van der Waals surface area contributed by atoms with E-state index in [-0.39, 0.29) is 58.9 Å². The summed E-state index contributed by atoms with van der Waals surface area (Å²) in [6.45, 7) is 0. The van der Waals surface area contributed by atoms with E-state index in [1.807, 2.05) is 60.7 Å². The molecule has 138 valence electrons. The maximum atomic E-state index is 5.59. The van der Waals surface area contributed by atoms with Gasteiger partial charge in [-0.25, -0.2) is 0 Å². The Morgan fingerprint density at radius 1 is 0.857 bits per heavy atom. The summed E-state index contributed by atoms with van der Waals surface area (Å²) < 4.78 is 5.59. The average Bonchev–Trinajstić information content (AvgIpc) is 3.35. The van der Waals surface area contributed by atoms with Gasteiger partial charge in [0.05, 0.1) is 5.58 Å². The number of para-hydroxylation sites is 2. The summed E-state index contributed by atoms with van der Waals surface area (Å²) in [7, 11) is 0. The van der Waals surface area contributed by atoms with Crippen molar-refractivity contribution in [3.05, 3.63) is 101 Å². The molecule has 1 aliphatic heterocycles. The van der Waals surface area contributed by atoms with Crippen LogP contribution in [0.25, 0.3) is 27.5 Å². The van der Waals surface area contributed by atoms with Crippen molar-refractivity contribution < 1.29 is 63.4 Å². The molecule has 2 aliphatic rings. The first-order valence-corrected chi connectivity index (χ1v) is 7.91. The molecule has 6 heteroatoms. The van der Waals surface area contributed by atoms with Gasteiger partial charge in [0.1, 0.15) is 0 Å². The van der Waals surface area contributed by atoms with Crippen molar-refractivity contribution in [3.63, 3.8) is 0 Å². The van der Waals surface area contributed by atoms with E-state index in [1.165, 1.54) is 16.0 Å². The predicted octanol–water partition coefficient (Wildman–Crippen LogP) is -4.96. The Hall–Kier alpha value is -1.68. The molecule has 0 saturated carbocycles. The third kappa shape index (κ3) is 4.17. The Balaban J connectivity index is 0.000000245. The van der Waals surface area contributed by atoms with Gasteiger partial charge in [-0.3, -0.25) is 0 Å². The van der Waals surface area contributed by atoms with Gasteiger partial charge in [-0.15, -0.1) is 29.2 Å². The Morgan fingerprint density at radius 3 is 2.46 bits per heavy atom. The van der Waals surface area contributed by atoms with Crippen LogP contribution in [0.1, 0.15) is 0 Å². The van der Waals surface area contributed by atoms with Gasteiger partial charge in [0, 0.05) is 10.9 Å². The predicted molar refractivity (Wildman–Crippen MR) is 95.8 cm³/mol. The number of hydrogen-bond donors (Lipinski definition) is 0. The molecule has 0 fully saturated rings. The molecule has 0 spiro atoms. The third-order valence-electron chi connectivity index (χ3n) is 4.31. The van der Waals surface area contributed by atoms with Crippen LogP contribution in [0.2, 0.25) is 0 Å². The molecule has 0 radical (unpaired) electrons. The molecule has 0 amide bonds. The molecule has 0 atom stereocenters. The topological polar surface area (TPSA) is 25.5 Å². The van der Waals surface area contributed by atoms with E-state index >= 15 is 0 Å². The van der Waals surface area contributed by atoms with Crippen LogP contribution in [0.15, 0.2) is 94.0 Å². The normalized spacial score (nSPS) is 12.1. The number of allylic oxidation sites excluding steroid dienone is 3. The second-order valence-corrected chi connectivity index (χ2v) is 5.77. The maximum Gasteiger partial charge on any atom is 4.00 e. The summed E-state index contributed by atoms with van der Waals surface area (Å²) in [5, 5.41) is 4.69. The fraction of sp³-hybridized carbons (Fsp3) is 0. The Morgan fingerprint density at radius 2 is 1.61 bits per heavy atom. The van der Waals surface area contributed by atoms with Crippen LogP contribution in [0, 0.1) is 6.08 Å². The zero-order chi connectivity index (χ0) is 15.9. The fourth-order valence-electron chi connectivity index (χ4n) is 3.19. The zero-order valence-electron chi connectivity index (χ0n) is 14.5. The first-order valence-electron chi connectivity index (χ1n) is 7.91. The number of fused-ring (bicyclic) bond motifs is 5. The second-order valence-electron chi connectivity index (χ2n) is 5.77. The SMILES string of the molecule is [C-]1=CC=C2N=c3ccccc3=C12.[Cl-].[Cl-].[Cl-].[Ti+4].c1ccc2c(c1)oc1cc[cH-]c12. The van der Waals surface area contributed by atoms with Crippen LogP contribution in [0.4, 0.5) is 0 Å². The van der Waals surface area contributed by atoms with E-state index in [1.54, 1.807) is 0 Å². The van der Waals surface area contributed by atoms with Gasteiger partial charge in [0.25, 0.3) is 0 Å². The van der Waals surface area contributed by atoms with Crippen LogP contribution >= 0.6 is 0 Å². The summed E-state index contributed by atoms with van der Waals surface area (Å²) in [6, 6.07) is 22.4. The number of rotatable bonds is 0. The summed E-state index contributed by atoms with van der Waals surface area (Å²) in [6.07, 6.45) is 7.10. The number of benzene rings is 2. The number of halogens is 3. The van der Waals surface area contributed by atoms with E-state index in [2.05, 4.69) is 29.3 Å². The minimum atomic E-state index is 0. The van der Waals surface area contributed by atoms with Crippen molar-refractivity contribution in [2.45, 2.75) is 0 Å². The molecule has 0 N–H and O–H groups in total. The monoisotopic (exact) mass is 460 g/mol. The molecular formula is C22H13Cl3NOTi-. The molecule has 2 nitrogen and oxygen atoms in total. The first-order chi connectivity index (χ1) is 11.9. The molecule has 0 saturated heterocycles. The van der Waals surface area contributed by atoms with Crippen LogP contribution in [0.5, 0.6) is 0 Å². The summed E-state index contributed by atoms with van der Waals surface area (Å²) >= 11 is 0. The molecule has 1 aromatic heterocycles. The van der Waals surface area contributed by atoms with Crippen molar-refractivity contribution in [3.8, 4) is 0 Å². The van der Waals surface area contributed by atoms with Crippen molar-refractivity contribution in [1.82, 2.24) is 0 Å². The van der Waals surface area contributed by atoms with Crippen LogP contribution in [0.3, 0.4) is 0 Å². The smallest absolute Gasteiger partial charge is 1.00 e. The Labute approximate surface area is 196 Å². The molecule has 0 unspecified atom stereocenters. The molecule has 4 aromatic rings. The van der Waals surface area contributed by atoms with E-state index in [0.717, 1.165) is 27.8 Å². The van der Waals surface area contributed by atoms with E-state index in [4.69, 9.17) is 4.42 Å². The molecule has 28 heavy (non-hydrogen) atoms. The summed E-state index contributed by atoms with van der Waals surface area (Å²) in [5.41, 5.74) is 4.15. The summed E-state index contributed by atoms with van der Waals surface area (Å²) in [4.78, 5) is 4.44. The molecule has 3 aromatic carbocycles. The van der Waals surface area contributed by atoms with Gasteiger partial charge in [0.15, 0.2) is 0 Å². The molecule has 6 rings (SSSR count). The standard InChI is InChI=1S/C11H6N.C11H7O.3ClH.Ti/c2*1-2-6-10-8(4-1)9-5-3-7-11(9)12-10;;;;/h1-4,6-7H;1-7H;3*1H;/q2*-1;;;;+4/p-3. The third-order valence-corrected chi connectivity index (χ3v) is 4.31. The van der Waals surface area contributed by atoms with Crippen LogP contribution < -0.4 is 47.8 Å². The van der Waals surface area contributed by atoms with Gasteiger partial charge in [-0.2, -0.15) is 18.2 Å². The summed E-state index contributed by atoms with van der Waals surface area (Å²) in [5.74, 6) is 0. The van der Waals surface area contributed by atoms with Crippen LogP contribution in [-0.4, -0.2) is 0 Å². The molecule has 0 bridgehead atoms. The van der Waals surface area contributed by atoms with Gasteiger partial charge in [-0.1, -0.05) is 52.7 Å². The van der Waals surface area contributed by atoms with Gasteiger partial charge in [-0.05, 0) is 12.1 Å². The fourth-order valence-corrected chi connectivity index (χ4v) is 3.19. The van der Waals surface area contributed by atoms with Crippen molar-refractivity contribution >= 4 is 27.5 Å². The second kappa shape index (κ2) is 10.2. The quantitative estimate of drug-likeness (QED) is 0.190. The van der Waals surface area contributed by atoms with Crippen molar-refractivity contribution in [1.29, 1.82) is 0 Å². The molecule has 2 heterocycles. The molecule has 1 aliphatic carbocycles. The van der Waals surface area contributed by atoms with Gasteiger partial charge < -0.3 is 46.6 Å². The van der Waals surface area contributed by atoms with Gasteiger partial charge in [0.2, 0.25) is 0 Å². The largest absolute Gasteiger partial charge is 4.00 e. The van der Waals surface area contributed by atoms with E-state index in [9.17, 15) is 0 Å². The Bertz CT molecular complexity index is 1270. The number of nitrogens with zero attached hydrogens (tertiary/aromatic N) is 1.